The molecule has 0 spiro atoms. The number of nitrogens with one attached hydrogen (secondary N) is 1. The van der Waals surface area contributed by atoms with Crippen LogP contribution in [-0.2, 0) is 9.53 Å². The van der Waals surface area contributed by atoms with E-state index >= 15 is 0 Å². The number of ether oxygens (including phenoxy) is 1. The molecule has 0 saturated carbocycles. The summed E-state index contributed by atoms with van der Waals surface area (Å²) in [6, 6.07) is 1.09. The van der Waals surface area contributed by atoms with Gasteiger partial charge in [0.05, 0.1) is 0 Å². The lowest BCUT2D eigenvalue weighted by atomic mass is 9.83. The Kier molecular flexibility index (Phi) is 6.09. The predicted molar refractivity (Wildman–Crippen MR) is 73.5 cm³/mol. The summed E-state index contributed by atoms with van der Waals surface area (Å²) in [6.45, 7) is 13.1. The lowest BCUT2D eigenvalue weighted by Gasteiger charge is -2.31. The molecule has 1 atom stereocenters. The molecule has 1 unspecified atom stereocenters. The van der Waals surface area contributed by atoms with Crippen LogP contribution in [0.5, 0.6) is 0 Å². The molecule has 0 amide bonds. The summed E-state index contributed by atoms with van der Waals surface area (Å²) in [5.74, 6) is 0. The molecule has 0 aromatic heterocycles. The molecule has 0 aromatic rings. The van der Waals surface area contributed by atoms with Crippen molar-refractivity contribution in [2.45, 2.75) is 52.6 Å². The second-order valence-electron chi connectivity index (χ2n) is 6.13. The van der Waals surface area contributed by atoms with E-state index in [0.29, 0.717) is 30.6 Å². The number of carbonyl (C=O) groups is 1. The van der Waals surface area contributed by atoms with Gasteiger partial charge >= 0.3 is 0 Å². The van der Waals surface area contributed by atoms with E-state index in [4.69, 9.17) is 4.74 Å². The largest absolute Gasteiger partial charge is 0.467 e. The maximum Gasteiger partial charge on any atom is 0.293 e. The summed E-state index contributed by atoms with van der Waals surface area (Å²) in [4.78, 5) is 12.5. The summed E-state index contributed by atoms with van der Waals surface area (Å²) in [5, 5.41) is 3.59. The van der Waals surface area contributed by atoms with E-state index in [1.165, 1.54) is 6.42 Å². The third kappa shape index (κ3) is 4.58. The normalized spacial score (nSPS) is 22.7. The van der Waals surface area contributed by atoms with Gasteiger partial charge in [-0.3, -0.25) is 9.69 Å². The highest BCUT2D eigenvalue weighted by Crippen LogP contribution is 2.31. The van der Waals surface area contributed by atoms with Crippen molar-refractivity contribution in [3.05, 3.63) is 0 Å². The minimum absolute atomic E-state index is 0.405. The van der Waals surface area contributed by atoms with Crippen LogP contribution in [0.3, 0.4) is 0 Å². The van der Waals surface area contributed by atoms with Crippen LogP contribution < -0.4 is 5.32 Å². The molecule has 1 aliphatic heterocycles. The van der Waals surface area contributed by atoms with E-state index < -0.39 is 0 Å². The molecule has 1 rings (SSSR count). The minimum atomic E-state index is 0.405. The van der Waals surface area contributed by atoms with Gasteiger partial charge in [-0.25, -0.2) is 0 Å². The van der Waals surface area contributed by atoms with Crippen molar-refractivity contribution >= 4 is 6.47 Å². The van der Waals surface area contributed by atoms with E-state index in [9.17, 15) is 4.79 Å². The van der Waals surface area contributed by atoms with Gasteiger partial charge in [-0.1, -0.05) is 13.8 Å². The van der Waals surface area contributed by atoms with Crippen LogP contribution in [-0.4, -0.2) is 49.7 Å². The monoisotopic (exact) mass is 256 g/mol. The Morgan fingerprint density at radius 2 is 2.17 bits per heavy atom. The molecule has 1 saturated heterocycles. The fraction of sp³-hybridized carbons (Fsp3) is 0.929. The quantitative estimate of drug-likeness (QED) is 0.529. The molecular formula is C14H28N2O2. The van der Waals surface area contributed by atoms with Crippen molar-refractivity contribution in [1.82, 2.24) is 10.2 Å². The van der Waals surface area contributed by atoms with Gasteiger partial charge in [0, 0.05) is 25.2 Å². The van der Waals surface area contributed by atoms with Crippen LogP contribution in [0, 0.1) is 5.41 Å². The second-order valence-corrected chi connectivity index (χ2v) is 6.13. The fourth-order valence-corrected chi connectivity index (χ4v) is 2.65. The Morgan fingerprint density at radius 1 is 1.44 bits per heavy atom. The van der Waals surface area contributed by atoms with Crippen LogP contribution in [0.15, 0.2) is 0 Å². The fourth-order valence-electron chi connectivity index (χ4n) is 2.65. The number of nitrogens with zero attached hydrogens (tertiary/aromatic N) is 1. The average Bonchev–Trinajstić information content (AvgIpc) is 2.62. The predicted octanol–water partition coefficient (Wildman–Crippen LogP) is 1.65. The van der Waals surface area contributed by atoms with Crippen LogP contribution in [0.25, 0.3) is 0 Å². The second kappa shape index (κ2) is 7.10. The van der Waals surface area contributed by atoms with Gasteiger partial charge in [-0.05, 0) is 38.6 Å². The van der Waals surface area contributed by atoms with Crippen LogP contribution in [0.4, 0.5) is 0 Å². The van der Waals surface area contributed by atoms with Gasteiger partial charge in [-0.15, -0.1) is 0 Å². The maximum absolute atomic E-state index is 10.2. The van der Waals surface area contributed by atoms with Crippen molar-refractivity contribution in [1.29, 1.82) is 0 Å². The number of hydrogen-bond acceptors (Lipinski definition) is 4. The molecule has 1 heterocycles. The molecule has 1 fully saturated rings. The molecule has 106 valence electrons. The Hall–Kier alpha value is -0.610. The molecule has 0 bridgehead atoms. The lowest BCUT2D eigenvalue weighted by Crippen LogP contribution is -2.40. The Labute approximate surface area is 111 Å². The number of carbonyl (C=O) groups excluding carboxylic acids is 1. The number of rotatable bonds is 8. The minimum Gasteiger partial charge on any atom is -0.467 e. The first-order chi connectivity index (χ1) is 8.47. The van der Waals surface area contributed by atoms with Gasteiger partial charge in [0.1, 0.15) is 6.61 Å². The zero-order chi connectivity index (χ0) is 13.6. The smallest absolute Gasteiger partial charge is 0.293 e. The summed E-state index contributed by atoms with van der Waals surface area (Å²) in [5.41, 5.74) is 0.405. The third-order valence-corrected chi connectivity index (χ3v) is 4.10. The van der Waals surface area contributed by atoms with E-state index in [2.05, 4.69) is 37.9 Å². The van der Waals surface area contributed by atoms with Gasteiger partial charge in [0.25, 0.3) is 6.47 Å². The molecule has 0 aliphatic carbocycles. The van der Waals surface area contributed by atoms with Gasteiger partial charge < -0.3 is 10.1 Å². The first kappa shape index (κ1) is 15.4. The van der Waals surface area contributed by atoms with Crippen LogP contribution >= 0.6 is 0 Å². The molecule has 4 nitrogen and oxygen atoms in total. The highest BCUT2D eigenvalue weighted by Gasteiger charge is 2.33. The molecule has 0 aromatic carbocycles. The Morgan fingerprint density at radius 3 is 2.67 bits per heavy atom. The SMILES string of the molecule is CC(C)N(CCOC=O)CCC1NCCC1(C)C. The average molecular weight is 256 g/mol. The van der Waals surface area contributed by atoms with Gasteiger partial charge in [0.2, 0.25) is 0 Å². The highest BCUT2D eigenvalue weighted by molar-refractivity contribution is 5.36. The molecule has 1 aliphatic rings. The van der Waals surface area contributed by atoms with Gasteiger partial charge in [0.15, 0.2) is 0 Å². The Bertz CT molecular complexity index is 254. The summed E-state index contributed by atoms with van der Waals surface area (Å²) in [7, 11) is 0. The summed E-state index contributed by atoms with van der Waals surface area (Å²) < 4.78 is 4.79. The summed E-state index contributed by atoms with van der Waals surface area (Å²) >= 11 is 0. The first-order valence-corrected chi connectivity index (χ1v) is 7.00. The van der Waals surface area contributed by atoms with Crippen LogP contribution in [0.2, 0.25) is 0 Å². The number of hydrogen-bond donors (Lipinski definition) is 1. The molecular weight excluding hydrogens is 228 g/mol. The third-order valence-electron chi connectivity index (χ3n) is 4.10. The van der Waals surface area contributed by atoms with Crippen molar-refractivity contribution in [2.75, 3.05) is 26.2 Å². The molecule has 18 heavy (non-hydrogen) atoms. The van der Waals surface area contributed by atoms with Crippen molar-refractivity contribution in [3.63, 3.8) is 0 Å². The van der Waals surface area contributed by atoms with Crippen molar-refractivity contribution in [2.24, 2.45) is 5.41 Å². The van der Waals surface area contributed by atoms with E-state index in [1.54, 1.807) is 0 Å². The highest BCUT2D eigenvalue weighted by atomic mass is 16.5. The van der Waals surface area contributed by atoms with Crippen LogP contribution in [0.1, 0.15) is 40.5 Å². The zero-order valence-electron chi connectivity index (χ0n) is 12.2. The van der Waals surface area contributed by atoms with Crippen molar-refractivity contribution in [3.8, 4) is 0 Å². The van der Waals surface area contributed by atoms with E-state index in [0.717, 1.165) is 26.1 Å². The summed E-state index contributed by atoms with van der Waals surface area (Å²) in [6.07, 6.45) is 2.42. The standard InChI is InChI=1S/C14H28N2O2/c1-12(2)16(9-10-18-11-17)8-5-13-14(3,4)6-7-15-13/h11-13,15H,5-10H2,1-4H3. The molecule has 0 radical (unpaired) electrons. The Balaban J connectivity index is 2.35. The topological polar surface area (TPSA) is 41.6 Å². The zero-order valence-corrected chi connectivity index (χ0v) is 12.2. The lowest BCUT2D eigenvalue weighted by molar-refractivity contribution is -0.129. The van der Waals surface area contributed by atoms with Crippen molar-refractivity contribution < 1.29 is 9.53 Å². The molecule has 1 N–H and O–H groups in total. The van der Waals surface area contributed by atoms with E-state index in [-0.39, 0.29) is 0 Å². The maximum atomic E-state index is 10.2. The first-order valence-electron chi connectivity index (χ1n) is 7.00. The van der Waals surface area contributed by atoms with E-state index in [1.807, 2.05) is 0 Å². The molecule has 4 heteroatoms. The van der Waals surface area contributed by atoms with Gasteiger partial charge in [-0.2, -0.15) is 0 Å².